The van der Waals surface area contributed by atoms with Gasteiger partial charge in [-0.05, 0) is 57.4 Å². The summed E-state index contributed by atoms with van der Waals surface area (Å²) in [6.07, 6.45) is 0.842. The maximum atomic E-state index is 13.2. The predicted molar refractivity (Wildman–Crippen MR) is 118 cm³/mol. The van der Waals surface area contributed by atoms with E-state index in [-0.39, 0.29) is 5.69 Å². The van der Waals surface area contributed by atoms with Gasteiger partial charge >= 0.3 is 5.69 Å². The first-order chi connectivity index (χ1) is 14.5. The van der Waals surface area contributed by atoms with Crippen LogP contribution in [0.1, 0.15) is 23.4 Å². The normalized spacial score (nSPS) is 12.9. The molecule has 1 aromatic heterocycles. The van der Waals surface area contributed by atoms with E-state index in [0.717, 1.165) is 41.2 Å². The fourth-order valence-corrected chi connectivity index (χ4v) is 3.80. The third kappa shape index (κ3) is 3.91. The molecule has 0 radical (unpaired) electrons. The summed E-state index contributed by atoms with van der Waals surface area (Å²) >= 11 is 6.32. The maximum Gasteiger partial charge on any atom is 0.350 e. The number of nitrogens with zero attached hydrogens (tertiary/aromatic N) is 5. The molecule has 30 heavy (non-hydrogen) atoms. The highest BCUT2D eigenvalue weighted by Crippen LogP contribution is 2.27. The fraction of sp³-hybridized carbons (Fsp3) is 0.318. The molecule has 2 aromatic carbocycles. The third-order valence-corrected chi connectivity index (χ3v) is 5.29. The van der Waals surface area contributed by atoms with Gasteiger partial charge in [0.15, 0.2) is 5.82 Å². The Hall–Kier alpha value is -2.90. The van der Waals surface area contributed by atoms with E-state index in [1.165, 1.54) is 4.68 Å². The number of fused-ring (bicyclic) bond motifs is 3. The Kier molecular flexibility index (Phi) is 5.74. The van der Waals surface area contributed by atoms with Gasteiger partial charge in [-0.1, -0.05) is 23.7 Å². The Morgan fingerprint density at radius 2 is 2.03 bits per heavy atom. The number of aliphatic imine (C=N–C) groups is 1. The Labute approximate surface area is 180 Å². The molecular weight excluding hydrogens is 402 g/mol. The van der Waals surface area contributed by atoms with Crippen LogP contribution in [0.2, 0.25) is 5.02 Å². The first-order valence-electron chi connectivity index (χ1n) is 9.80. The van der Waals surface area contributed by atoms with Crippen LogP contribution in [0.5, 0.6) is 5.75 Å². The first-order valence-corrected chi connectivity index (χ1v) is 10.2. The molecule has 156 valence electrons. The summed E-state index contributed by atoms with van der Waals surface area (Å²) < 4.78 is 8.55. The van der Waals surface area contributed by atoms with Gasteiger partial charge in [-0.3, -0.25) is 4.99 Å². The smallest absolute Gasteiger partial charge is 0.350 e. The number of aromatic nitrogens is 3. The van der Waals surface area contributed by atoms with E-state index in [1.54, 1.807) is 17.7 Å². The molecule has 8 heteroatoms. The largest absolute Gasteiger partial charge is 0.497 e. The fourth-order valence-electron chi connectivity index (χ4n) is 3.62. The highest BCUT2D eigenvalue weighted by Gasteiger charge is 2.24. The van der Waals surface area contributed by atoms with Crippen molar-refractivity contribution in [1.82, 2.24) is 19.2 Å². The molecule has 0 N–H and O–H groups in total. The molecule has 0 atom stereocenters. The highest BCUT2D eigenvalue weighted by molar-refractivity contribution is 6.31. The van der Waals surface area contributed by atoms with Crippen LogP contribution < -0.4 is 10.4 Å². The van der Waals surface area contributed by atoms with Gasteiger partial charge in [0, 0.05) is 22.7 Å². The summed E-state index contributed by atoms with van der Waals surface area (Å²) in [6.45, 7) is 1.75. The lowest BCUT2D eigenvalue weighted by Gasteiger charge is -2.12. The van der Waals surface area contributed by atoms with E-state index >= 15 is 0 Å². The molecule has 0 unspecified atom stereocenters. The van der Waals surface area contributed by atoms with Gasteiger partial charge in [-0.25, -0.2) is 14.0 Å². The number of hydrogen-bond acceptors (Lipinski definition) is 5. The molecule has 0 amide bonds. The lowest BCUT2D eigenvalue weighted by atomic mass is 10.0. The number of benzene rings is 2. The average molecular weight is 426 g/mol. The van der Waals surface area contributed by atoms with E-state index in [9.17, 15) is 4.79 Å². The van der Waals surface area contributed by atoms with Crippen LogP contribution in [0, 0.1) is 0 Å². The molecule has 1 aliphatic rings. The molecule has 4 rings (SSSR count). The van der Waals surface area contributed by atoms with Crippen molar-refractivity contribution in [2.75, 3.05) is 27.7 Å². The van der Waals surface area contributed by atoms with Crippen molar-refractivity contribution in [1.29, 1.82) is 0 Å². The predicted octanol–water partition coefficient (Wildman–Crippen LogP) is 3.00. The molecule has 0 spiro atoms. The Bertz CT molecular complexity index is 1160. The summed E-state index contributed by atoms with van der Waals surface area (Å²) in [5.41, 5.74) is 3.03. The van der Waals surface area contributed by atoms with Crippen molar-refractivity contribution in [2.24, 2.45) is 4.99 Å². The molecule has 0 saturated carbocycles. The molecule has 1 aliphatic heterocycles. The molecular formula is C22H24ClN5O2. The summed E-state index contributed by atoms with van der Waals surface area (Å²) in [4.78, 5) is 20.1. The van der Waals surface area contributed by atoms with E-state index in [4.69, 9.17) is 21.3 Å². The summed E-state index contributed by atoms with van der Waals surface area (Å²) in [5.74, 6) is 1.36. The number of hydrogen-bond donors (Lipinski definition) is 0. The van der Waals surface area contributed by atoms with Crippen molar-refractivity contribution in [3.63, 3.8) is 0 Å². The summed E-state index contributed by atoms with van der Waals surface area (Å²) in [7, 11) is 5.66. The van der Waals surface area contributed by atoms with Crippen molar-refractivity contribution < 1.29 is 4.74 Å². The second-order valence-electron chi connectivity index (χ2n) is 7.47. The summed E-state index contributed by atoms with van der Waals surface area (Å²) in [5, 5.41) is 5.16. The van der Waals surface area contributed by atoms with Crippen LogP contribution in [0.3, 0.4) is 0 Å². The van der Waals surface area contributed by atoms with Gasteiger partial charge in [0.1, 0.15) is 12.3 Å². The quantitative estimate of drug-likeness (QED) is 0.609. The van der Waals surface area contributed by atoms with Crippen LogP contribution in [0.4, 0.5) is 0 Å². The topological polar surface area (TPSA) is 64.7 Å². The number of halogens is 1. The van der Waals surface area contributed by atoms with E-state index in [2.05, 4.69) is 10.00 Å². The molecule has 0 bridgehead atoms. The second-order valence-corrected chi connectivity index (χ2v) is 7.91. The summed E-state index contributed by atoms with van der Waals surface area (Å²) in [6, 6.07) is 13.2. The standard InChI is InChI=1S/C22H24ClN5O2/c1-26(2)10-5-11-27-22(29)28-19-9-8-16(23)13-18(19)21(24-14-20(28)25-27)15-6-4-7-17(12-15)30-3/h4,6-9,12-13H,5,10-11,14H2,1-3H3. The number of rotatable bonds is 6. The van der Waals surface area contributed by atoms with Gasteiger partial charge in [-0.15, -0.1) is 0 Å². The number of ether oxygens (including phenoxy) is 1. The third-order valence-electron chi connectivity index (χ3n) is 5.06. The Balaban J connectivity index is 1.81. The zero-order valence-electron chi connectivity index (χ0n) is 17.3. The Morgan fingerprint density at radius 1 is 1.20 bits per heavy atom. The van der Waals surface area contributed by atoms with Crippen molar-refractivity contribution in [3.05, 3.63) is 74.9 Å². The number of methoxy groups -OCH3 is 1. The van der Waals surface area contributed by atoms with Gasteiger partial charge in [0.05, 0.1) is 18.5 Å². The zero-order valence-corrected chi connectivity index (χ0v) is 18.1. The molecule has 2 heterocycles. The monoisotopic (exact) mass is 425 g/mol. The van der Waals surface area contributed by atoms with E-state index in [1.807, 2.05) is 50.5 Å². The van der Waals surface area contributed by atoms with Gasteiger partial charge < -0.3 is 9.64 Å². The van der Waals surface area contributed by atoms with Crippen LogP contribution in [0.25, 0.3) is 5.69 Å². The zero-order chi connectivity index (χ0) is 21.3. The highest BCUT2D eigenvalue weighted by atomic mass is 35.5. The van der Waals surface area contributed by atoms with E-state index in [0.29, 0.717) is 23.9 Å². The maximum absolute atomic E-state index is 13.2. The molecule has 3 aromatic rings. The van der Waals surface area contributed by atoms with Crippen molar-refractivity contribution in [2.45, 2.75) is 19.5 Å². The second kappa shape index (κ2) is 8.45. The molecule has 0 saturated heterocycles. The molecule has 0 aliphatic carbocycles. The Morgan fingerprint density at radius 3 is 2.80 bits per heavy atom. The van der Waals surface area contributed by atoms with E-state index < -0.39 is 0 Å². The van der Waals surface area contributed by atoms with Crippen LogP contribution in [0.15, 0.2) is 52.3 Å². The van der Waals surface area contributed by atoms with Crippen LogP contribution in [-0.2, 0) is 13.1 Å². The van der Waals surface area contributed by atoms with Crippen molar-refractivity contribution in [3.8, 4) is 11.4 Å². The first kappa shape index (κ1) is 20.4. The SMILES string of the molecule is COc1cccc(C2=NCc3nn(CCCN(C)C)c(=O)n3-c3ccc(Cl)cc32)c1. The lowest BCUT2D eigenvalue weighted by Crippen LogP contribution is -2.26. The average Bonchev–Trinajstić information content (AvgIpc) is 2.94. The van der Waals surface area contributed by atoms with Gasteiger partial charge in [0.2, 0.25) is 0 Å². The van der Waals surface area contributed by atoms with Crippen molar-refractivity contribution >= 4 is 17.3 Å². The van der Waals surface area contributed by atoms with Crippen LogP contribution >= 0.6 is 11.6 Å². The molecule has 0 fully saturated rings. The minimum absolute atomic E-state index is 0.158. The van der Waals surface area contributed by atoms with Gasteiger partial charge in [0.25, 0.3) is 0 Å². The van der Waals surface area contributed by atoms with Crippen LogP contribution in [-0.4, -0.2) is 52.7 Å². The minimum Gasteiger partial charge on any atom is -0.497 e. The molecule has 7 nitrogen and oxygen atoms in total. The van der Waals surface area contributed by atoms with Gasteiger partial charge in [-0.2, -0.15) is 5.10 Å². The minimum atomic E-state index is -0.158. The lowest BCUT2D eigenvalue weighted by molar-refractivity contribution is 0.378. The number of aryl methyl sites for hydroxylation is 1.